The fourth-order valence-electron chi connectivity index (χ4n) is 1.90. The fourth-order valence-corrected chi connectivity index (χ4v) is 1.90. The van der Waals surface area contributed by atoms with Crippen molar-refractivity contribution in [3.05, 3.63) is 36.7 Å². The van der Waals surface area contributed by atoms with E-state index in [0.29, 0.717) is 11.4 Å². The molecule has 0 aliphatic carbocycles. The SMILES string of the molecule is CN(C)c1cc[n+](O)c(-c2cc(N(C)C)cc[n+]2O)c1. The summed E-state index contributed by atoms with van der Waals surface area (Å²) in [6.45, 7) is 0. The molecule has 0 radical (unpaired) electrons. The Labute approximate surface area is 118 Å². The molecule has 0 unspecified atom stereocenters. The van der Waals surface area contributed by atoms with E-state index < -0.39 is 0 Å². The molecule has 106 valence electrons. The summed E-state index contributed by atoms with van der Waals surface area (Å²) in [7, 11) is 7.68. The molecule has 0 fully saturated rings. The summed E-state index contributed by atoms with van der Waals surface area (Å²) < 4.78 is 1.99. The van der Waals surface area contributed by atoms with Gasteiger partial charge in [-0.1, -0.05) is 0 Å². The molecule has 20 heavy (non-hydrogen) atoms. The van der Waals surface area contributed by atoms with Crippen LogP contribution in [0.15, 0.2) is 36.7 Å². The number of pyridine rings is 2. The van der Waals surface area contributed by atoms with Gasteiger partial charge in [0.2, 0.25) is 12.4 Å². The lowest BCUT2D eigenvalue weighted by Crippen LogP contribution is -2.40. The highest BCUT2D eigenvalue weighted by Gasteiger charge is 2.26. The number of hydrogen-bond donors (Lipinski definition) is 2. The van der Waals surface area contributed by atoms with Crippen LogP contribution >= 0.6 is 0 Å². The minimum atomic E-state index is 0.502. The lowest BCUT2D eigenvalue weighted by molar-refractivity contribution is -0.918. The van der Waals surface area contributed by atoms with Crippen molar-refractivity contribution in [3.63, 3.8) is 0 Å². The van der Waals surface area contributed by atoms with Crippen molar-refractivity contribution in [1.82, 2.24) is 0 Å². The van der Waals surface area contributed by atoms with Gasteiger partial charge in [0, 0.05) is 73.3 Å². The minimum absolute atomic E-state index is 0.502. The first-order chi connectivity index (χ1) is 9.40. The van der Waals surface area contributed by atoms with E-state index in [1.165, 1.54) is 0 Å². The van der Waals surface area contributed by atoms with E-state index in [-0.39, 0.29) is 0 Å². The highest BCUT2D eigenvalue weighted by atomic mass is 16.5. The zero-order valence-corrected chi connectivity index (χ0v) is 12.1. The summed E-state index contributed by atoms with van der Waals surface area (Å²) in [5.41, 5.74) is 2.87. The van der Waals surface area contributed by atoms with Crippen LogP contribution in [0.1, 0.15) is 0 Å². The lowest BCUT2D eigenvalue weighted by atomic mass is 10.2. The van der Waals surface area contributed by atoms with E-state index in [4.69, 9.17) is 0 Å². The zero-order chi connectivity index (χ0) is 14.9. The summed E-state index contributed by atoms with van der Waals surface area (Å²) in [6, 6.07) is 7.20. The molecule has 6 heteroatoms. The molecule has 2 N–H and O–H groups in total. The van der Waals surface area contributed by atoms with Gasteiger partial charge in [-0.05, 0) is 0 Å². The van der Waals surface area contributed by atoms with Gasteiger partial charge < -0.3 is 9.80 Å². The van der Waals surface area contributed by atoms with Crippen LogP contribution < -0.4 is 19.3 Å². The van der Waals surface area contributed by atoms with E-state index in [1.54, 1.807) is 24.5 Å². The molecular weight excluding hydrogens is 256 g/mol. The lowest BCUT2D eigenvalue weighted by Gasteiger charge is -2.12. The molecule has 0 amide bonds. The van der Waals surface area contributed by atoms with Crippen LogP contribution in [0.5, 0.6) is 0 Å². The Morgan fingerprint density at radius 3 is 1.40 bits per heavy atom. The van der Waals surface area contributed by atoms with Gasteiger partial charge in [-0.3, -0.25) is 10.4 Å². The van der Waals surface area contributed by atoms with E-state index in [0.717, 1.165) is 20.8 Å². The van der Waals surface area contributed by atoms with Crippen molar-refractivity contribution in [2.24, 2.45) is 0 Å². The summed E-state index contributed by atoms with van der Waals surface area (Å²) in [5.74, 6) is 0. The maximum atomic E-state index is 9.98. The van der Waals surface area contributed by atoms with Gasteiger partial charge in [0.15, 0.2) is 0 Å². The topological polar surface area (TPSA) is 54.7 Å². The van der Waals surface area contributed by atoms with Crippen molar-refractivity contribution in [2.75, 3.05) is 38.0 Å². The quantitative estimate of drug-likeness (QED) is 0.634. The second-order valence-electron chi connectivity index (χ2n) is 5.02. The summed E-state index contributed by atoms with van der Waals surface area (Å²) in [6.07, 6.45) is 3.10. The Kier molecular flexibility index (Phi) is 3.65. The van der Waals surface area contributed by atoms with Crippen molar-refractivity contribution in [3.8, 4) is 11.4 Å². The predicted octanol–water partition coefficient (Wildman–Crippen LogP) is 0.535. The number of aromatic nitrogens is 2. The Morgan fingerprint density at radius 1 is 0.750 bits per heavy atom. The Balaban J connectivity index is 2.61. The monoisotopic (exact) mass is 276 g/mol. The van der Waals surface area contributed by atoms with Crippen LogP contribution in [-0.2, 0) is 0 Å². The van der Waals surface area contributed by atoms with Gasteiger partial charge in [0.25, 0.3) is 0 Å². The first-order valence-electron chi connectivity index (χ1n) is 6.25. The van der Waals surface area contributed by atoms with Crippen LogP contribution in [0.4, 0.5) is 11.4 Å². The molecule has 0 saturated heterocycles. The largest absolute Gasteiger partial charge is 0.377 e. The van der Waals surface area contributed by atoms with Crippen LogP contribution in [-0.4, -0.2) is 38.6 Å². The van der Waals surface area contributed by atoms with Gasteiger partial charge in [-0.15, -0.1) is 0 Å². The van der Waals surface area contributed by atoms with E-state index in [1.807, 2.05) is 50.1 Å². The molecule has 0 aliphatic rings. The molecule has 2 rings (SSSR count). The Bertz CT molecular complexity index is 571. The number of rotatable bonds is 3. The molecule has 0 saturated carbocycles. The van der Waals surface area contributed by atoms with Crippen molar-refractivity contribution < 1.29 is 19.9 Å². The third-order valence-electron chi connectivity index (χ3n) is 3.13. The van der Waals surface area contributed by atoms with Crippen LogP contribution in [0.2, 0.25) is 0 Å². The van der Waals surface area contributed by atoms with Gasteiger partial charge in [0.1, 0.15) is 0 Å². The number of anilines is 2. The maximum absolute atomic E-state index is 9.98. The smallest absolute Gasteiger partial charge is 0.334 e. The van der Waals surface area contributed by atoms with Crippen LogP contribution in [0.25, 0.3) is 11.4 Å². The first kappa shape index (κ1) is 13.9. The number of hydrogen-bond acceptors (Lipinski definition) is 4. The molecule has 0 bridgehead atoms. The molecular formula is C14H20N4O2+2. The van der Waals surface area contributed by atoms with E-state index in [2.05, 4.69) is 0 Å². The van der Waals surface area contributed by atoms with Crippen molar-refractivity contribution >= 4 is 11.4 Å². The summed E-state index contributed by atoms with van der Waals surface area (Å²) >= 11 is 0. The van der Waals surface area contributed by atoms with Gasteiger partial charge in [-0.2, -0.15) is 0 Å². The third kappa shape index (κ3) is 2.59. The molecule has 0 spiro atoms. The Morgan fingerprint density at radius 2 is 1.10 bits per heavy atom. The number of nitrogens with zero attached hydrogens (tertiary/aromatic N) is 4. The van der Waals surface area contributed by atoms with Crippen molar-refractivity contribution in [1.29, 1.82) is 0 Å². The molecule has 2 aromatic heterocycles. The molecule has 0 aliphatic heterocycles. The summed E-state index contributed by atoms with van der Waals surface area (Å²) in [5, 5.41) is 20.0. The Hall–Kier alpha value is -2.50. The molecule has 6 nitrogen and oxygen atoms in total. The third-order valence-corrected chi connectivity index (χ3v) is 3.13. The highest BCUT2D eigenvalue weighted by molar-refractivity contribution is 5.60. The highest BCUT2D eigenvalue weighted by Crippen LogP contribution is 2.20. The average Bonchev–Trinajstić information content (AvgIpc) is 2.39. The van der Waals surface area contributed by atoms with Crippen LogP contribution in [0.3, 0.4) is 0 Å². The van der Waals surface area contributed by atoms with Gasteiger partial charge in [0.05, 0.1) is 0 Å². The minimum Gasteiger partial charge on any atom is -0.377 e. The predicted molar refractivity (Wildman–Crippen MR) is 75.3 cm³/mol. The van der Waals surface area contributed by atoms with Gasteiger partial charge >= 0.3 is 11.4 Å². The molecule has 2 aromatic rings. The zero-order valence-electron chi connectivity index (χ0n) is 12.1. The van der Waals surface area contributed by atoms with E-state index in [9.17, 15) is 10.4 Å². The molecule has 0 aromatic carbocycles. The average molecular weight is 276 g/mol. The molecule has 2 heterocycles. The fraction of sp³-hybridized carbons (Fsp3) is 0.286. The van der Waals surface area contributed by atoms with Gasteiger partial charge in [-0.25, -0.2) is 0 Å². The second kappa shape index (κ2) is 5.24. The molecule has 0 atom stereocenters. The van der Waals surface area contributed by atoms with E-state index >= 15 is 0 Å². The van der Waals surface area contributed by atoms with Crippen molar-refractivity contribution in [2.45, 2.75) is 0 Å². The van der Waals surface area contributed by atoms with Crippen LogP contribution in [0, 0.1) is 0 Å². The normalized spacial score (nSPS) is 10.4. The maximum Gasteiger partial charge on any atom is 0.334 e. The second-order valence-corrected chi connectivity index (χ2v) is 5.02. The first-order valence-corrected chi connectivity index (χ1v) is 6.25. The standard InChI is InChI=1S/C14H20N4O2/c1-15(2)11-5-7-17(19)13(9-11)14-10-12(16(3)4)6-8-18(14)20/h5-10,19-20H,1-4H3/q+2. The summed E-state index contributed by atoms with van der Waals surface area (Å²) in [4.78, 5) is 3.86.